The van der Waals surface area contributed by atoms with Crippen molar-refractivity contribution in [3.8, 4) is 0 Å². The van der Waals surface area contributed by atoms with E-state index in [-0.39, 0.29) is 18.6 Å². The van der Waals surface area contributed by atoms with Gasteiger partial charge in [0.1, 0.15) is 0 Å². The van der Waals surface area contributed by atoms with Gasteiger partial charge in [-0.1, -0.05) is 0 Å². The topological polar surface area (TPSA) is 66.6 Å². The number of hydrogen-bond donors (Lipinski definition) is 2. The predicted octanol–water partition coefficient (Wildman–Crippen LogP) is 0.0987. The molecule has 0 unspecified atom stereocenters. The Bertz CT molecular complexity index is 185. The van der Waals surface area contributed by atoms with Crippen LogP contribution in [-0.4, -0.2) is 41.7 Å². The molecular formula is C10H20N2O2. The summed E-state index contributed by atoms with van der Waals surface area (Å²) in [4.78, 5) is 13.5. The Labute approximate surface area is 85.1 Å². The van der Waals surface area contributed by atoms with Crippen LogP contribution in [0.1, 0.15) is 32.1 Å². The number of nitrogens with zero attached hydrogens (tertiary/aromatic N) is 1. The summed E-state index contributed by atoms with van der Waals surface area (Å²) in [5, 5.41) is 9.04. The van der Waals surface area contributed by atoms with E-state index in [0.29, 0.717) is 13.0 Å². The van der Waals surface area contributed by atoms with E-state index >= 15 is 0 Å². The zero-order valence-corrected chi connectivity index (χ0v) is 8.61. The molecule has 1 fully saturated rings. The SMILES string of the molecule is NCCCCC(=O)N1CCC[C@@H]1CO. The molecule has 0 aliphatic carbocycles. The van der Waals surface area contributed by atoms with Gasteiger partial charge in [0, 0.05) is 13.0 Å². The monoisotopic (exact) mass is 200 g/mol. The molecule has 1 rings (SSSR count). The Morgan fingerprint density at radius 1 is 1.50 bits per heavy atom. The molecule has 0 aromatic carbocycles. The average Bonchev–Trinajstić information content (AvgIpc) is 2.65. The van der Waals surface area contributed by atoms with E-state index in [0.717, 1.165) is 32.2 Å². The molecule has 1 heterocycles. The van der Waals surface area contributed by atoms with Crippen LogP contribution in [0.15, 0.2) is 0 Å². The first-order chi connectivity index (χ1) is 6.79. The van der Waals surface area contributed by atoms with Gasteiger partial charge in [0.05, 0.1) is 12.6 Å². The van der Waals surface area contributed by atoms with Crippen LogP contribution in [-0.2, 0) is 4.79 Å². The molecule has 1 aliphatic rings. The molecule has 4 nitrogen and oxygen atoms in total. The molecule has 82 valence electrons. The first-order valence-electron chi connectivity index (χ1n) is 5.40. The maximum atomic E-state index is 11.7. The Kier molecular flexibility index (Phi) is 4.90. The summed E-state index contributed by atoms with van der Waals surface area (Å²) in [6.45, 7) is 1.56. The van der Waals surface area contributed by atoms with Crippen molar-refractivity contribution in [2.75, 3.05) is 19.7 Å². The third-order valence-electron chi connectivity index (χ3n) is 2.75. The Hall–Kier alpha value is -0.610. The normalized spacial score (nSPS) is 21.6. The molecule has 0 bridgehead atoms. The highest BCUT2D eigenvalue weighted by Gasteiger charge is 2.27. The highest BCUT2D eigenvalue weighted by molar-refractivity contribution is 5.76. The number of unbranched alkanes of at least 4 members (excludes halogenated alkanes) is 1. The molecule has 3 N–H and O–H groups in total. The highest BCUT2D eigenvalue weighted by Crippen LogP contribution is 2.18. The zero-order chi connectivity index (χ0) is 10.4. The second-order valence-corrected chi connectivity index (χ2v) is 3.81. The van der Waals surface area contributed by atoms with Gasteiger partial charge in [-0.2, -0.15) is 0 Å². The molecule has 1 saturated heterocycles. The van der Waals surface area contributed by atoms with E-state index in [1.54, 1.807) is 0 Å². The number of hydrogen-bond acceptors (Lipinski definition) is 3. The first-order valence-corrected chi connectivity index (χ1v) is 5.40. The van der Waals surface area contributed by atoms with E-state index in [9.17, 15) is 4.79 Å². The molecule has 1 amide bonds. The summed E-state index contributed by atoms with van der Waals surface area (Å²) in [6, 6.07) is 0.0698. The quantitative estimate of drug-likeness (QED) is 0.618. The van der Waals surface area contributed by atoms with Crippen LogP contribution in [0.4, 0.5) is 0 Å². The number of amides is 1. The van der Waals surface area contributed by atoms with Crippen LogP contribution in [0.5, 0.6) is 0 Å². The summed E-state index contributed by atoms with van der Waals surface area (Å²) in [5.74, 6) is 0.176. The average molecular weight is 200 g/mol. The summed E-state index contributed by atoms with van der Waals surface area (Å²) in [7, 11) is 0. The van der Waals surface area contributed by atoms with Gasteiger partial charge in [0.25, 0.3) is 0 Å². The number of likely N-dealkylation sites (tertiary alicyclic amines) is 1. The number of carbonyl (C=O) groups is 1. The lowest BCUT2D eigenvalue weighted by atomic mass is 10.2. The van der Waals surface area contributed by atoms with Gasteiger partial charge >= 0.3 is 0 Å². The van der Waals surface area contributed by atoms with Crippen molar-refractivity contribution < 1.29 is 9.90 Å². The Morgan fingerprint density at radius 3 is 2.93 bits per heavy atom. The van der Waals surface area contributed by atoms with Crippen LogP contribution >= 0.6 is 0 Å². The third kappa shape index (κ3) is 2.96. The fourth-order valence-electron chi connectivity index (χ4n) is 1.92. The number of carbonyl (C=O) groups excluding carboxylic acids is 1. The van der Waals surface area contributed by atoms with Crippen molar-refractivity contribution in [2.45, 2.75) is 38.1 Å². The van der Waals surface area contributed by atoms with Gasteiger partial charge in [-0.05, 0) is 32.2 Å². The van der Waals surface area contributed by atoms with Gasteiger partial charge in [0.15, 0.2) is 0 Å². The van der Waals surface area contributed by atoms with Crippen LogP contribution < -0.4 is 5.73 Å². The Balaban J connectivity index is 2.28. The summed E-state index contributed by atoms with van der Waals surface area (Å²) in [6.07, 6.45) is 4.31. The fourth-order valence-corrected chi connectivity index (χ4v) is 1.92. The summed E-state index contributed by atoms with van der Waals surface area (Å²) < 4.78 is 0. The molecule has 0 spiro atoms. The first kappa shape index (κ1) is 11.5. The lowest BCUT2D eigenvalue weighted by molar-refractivity contribution is -0.132. The van der Waals surface area contributed by atoms with E-state index in [1.165, 1.54) is 0 Å². The number of aliphatic hydroxyl groups is 1. The Morgan fingerprint density at radius 2 is 2.29 bits per heavy atom. The van der Waals surface area contributed by atoms with Gasteiger partial charge < -0.3 is 15.7 Å². The van der Waals surface area contributed by atoms with Crippen LogP contribution in [0, 0.1) is 0 Å². The maximum Gasteiger partial charge on any atom is 0.222 e. The molecule has 1 atom stereocenters. The van der Waals surface area contributed by atoms with Gasteiger partial charge in [-0.3, -0.25) is 4.79 Å². The maximum absolute atomic E-state index is 11.7. The molecule has 1 aliphatic heterocycles. The van der Waals surface area contributed by atoms with Crippen molar-refractivity contribution in [3.05, 3.63) is 0 Å². The van der Waals surface area contributed by atoms with Gasteiger partial charge in [-0.15, -0.1) is 0 Å². The highest BCUT2D eigenvalue weighted by atomic mass is 16.3. The summed E-state index contributed by atoms with van der Waals surface area (Å²) in [5.41, 5.74) is 5.36. The van der Waals surface area contributed by atoms with Crippen LogP contribution in [0.25, 0.3) is 0 Å². The molecule has 0 saturated carbocycles. The standard InChI is InChI=1S/C10H20N2O2/c11-6-2-1-5-10(14)12-7-3-4-9(12)8-13/h9,13H,1-8,11H2/t9-/m1/s1. The smallest absolute Gasteiger partial charge is 0.222 e. The second-order valence-electron chi connectivity index (χ2n) is 3.81. The van der Waals surface area contributed by atoms with Crippen molar-refractivity contribution >= 4 is 5.91 Å². The van der Waals surface area contributed by atoms with E-state index in [1.807, 2.05) is 4.90 Å². The minimum Gasteiger partial charge on any atom is -0.394 e. The second kappa shape index (κ2) is 5.98. The van der Waals surface area contributed by atoms with E-state index in [4.69, 9.17) is 10.8 Å². The van der Waals surface area contributed by atoms with Crippen molar-refractivity contribution in [3.63, 3.8) is 0 Å². The van der Waals surface area contributed by atoms with Crippen molar-refractivity contribution in [1.29, 1.82) is 0 Å². The minimum absolute atomic E-state index is 0.0698. The van der Waals surface area contributed by atoms with Crippen molar-refractivity contribution in [2.24, 2.45) is 5.73 Å². The van der Waals surface area contributed by atoms with Crippen molar-refractivity contribution in [1.82, 2.24) is 4.90 Å². The summed E-state index contributed by atoms with van der Waals surface area (Å²) >= 11 is 0. The van der Waals surface area contributed by atoms with E-state index in [2.05, 4.69) is 0 Å². The van der Waals surface area contributed by atoms with Gasteiger partial charge in [-0.25, -0.2) is 0 Å². The zero-order valence-electron chi connectivity index (χ0n) is 8.61. The third-order valence-corrected chi connectivity index (χ3v) is 2.75. The lowest BCUT2D eigenvalue weighted by Crippen LogP contribution is -2.37. The number of rotatable bonds is 5. The lowest BCUT2D eigenvalue weighted by Gasteiger charge is -2.22. The predicted molar refractivity (Wildman–Crippen MR) is 54.7 cm³/mol. The molecule has 4 heteroatoms. The molecule has 0 aromatic heterocycles. The molecular weight excluding hydrogens is 180 g/mol. The molecule has 14 heavy (non-hydrogen) atoms. The number of aliphatic hydroxyl groups excluding tert-OH is 1. The van der Waals surface area contributed by atoms with E-state index < -0.39 is 0 Å². The fraction of sp³-hybridized carbons (Fsp3) is 0.900. The van der Waals surface area contributed by atoms with Gasteiger partial charge in [0.2, 0.25) is 5.91 Å². The van der Waals surface area contributed by atoms with Crippen LogP contribution in [0.3, 0.4) is 0 Å². The minimum atomic E-state index is 0.0698. The molecule has 0 radical (unpaired) electrons. The van der Waals surface area contributed by atoms with Crippen LogP contribution in [0.2, 0.25) is 0 Å². The largest absolute Gasteiger partial charge is 0.394 e. The number of nitrogens with two attached hydrogens (primary N) is 1. The molecule has 0 aromatic rings.